The van der Waals surface area contributed by atoms with Gasteiger partial charge in [0.1, 0.15) is 5.57 Å². The van der Waals surface area contributed by atoms with Gasteiger partial charge in [-0.15, -0.1) is 0 Å². The van der Waals surface area contributed by atoms with Crippen LogP contribution < -0.4 is 10.2 Å². The first-order valence-corrected chi connectivity index (χ1v) is 10.1. The highest BCUT2D eigenvalue weighted by atomic mass is 35.5. The highest BCUT2D eigenvalue weighted by molar-refractivity contribution is 7.80. The Balaban J connectivity index is 1.70. The normalized spacial score (nSPS) is 15.5. The first-order chi connectivity index (χ1) is 14.4. The second kappa shape index (κ2) is 8.40. The number of benzene rings is 3. The summed E-state index contributed by atoms with van der Waals surface area (Å²) >= 11 is 17.1. The molecule has 0 unspecified atom stereocenters. The van der Waals surface area contributed by atoms with Gasteiger partial charge in [0.25, 0.3) is 11.8 Å². The first kappa shape index (κ1) is 20.3. The maximum atomic E-state index is 13.1. The minimum absolute atomic E-state index is 0.00759. The van der Waals surface area contributed by atoms with E-state index in [9.17, 15) is 9.59 Å². The highest BCUT2D eigenvalue weighted by Gasteiger charge is 2.34. The zero-order chi connectivity index (χ0) is 21.3. The summed E-state index contributed by atoms with van der Waals surface area (Å²) in [7, 11) is 0. The fourth-order valence-electron chi connectivity index (χ4n) is 3.10. The number of hydrogen-bond acceptors (Lipinski definition) is 3. The van der Waals surface area contributed by atoms with Crippen molar-refractivity contribution < 1.29 is 9.59 Å². The lowest BCUT2D eigenvalue weighted by Crippen LogP contribution is -2.54. The smallest absolute Gasteiger partial charge is 0.270 e. The highest BCUT2D eigenvalue weighted by Crippen LogP contribution is 2.26. The average Bonchev–Trinajstić information content (AvgIpc) is 2.73. The third-order valence-corrected chi connectivity index (χ3v) is 5.35. The molecule has 2 amide bonds. The third-order valence-electron chi connectivity index (χ3n) is 4.56. The number of halogens is 2. The molecule has 0 radical (unpaired) electrons. The first-order valence-electron chi connectivity index (χ1n) is 8.95. The van der Waals surface area contributed by atoms with E-state index in [1.54, 1.807) is 30.3 Å². The molecule has 30 heavy (non-hydrogen) atoms. The van der Waals surface area contributed by atoms with Crippen molar-refractivity contribution in [1.29, 1.82) is 0 Å². The van der Waals surface area contributed by atoms with Crippen LogP contribution in [0.15, 0.2) is 78.4 Å². The van der Waals surface area contributed by atoms with Gasteiger partial charge >= 0.3 is 0 Å². The Morgan fingerprint density at radius 3 is 2.13 bits per heavy atom. The van der Waals surface area contributed by atoms with Crippen LogP contribution in [0.25, 0.3) is 17.2 Å². The van der Waals surface area contributed by atoms with Gasteiger partial charge in [-0.2, -0.15) is 0 Å². The van der Waals surface area contributed by atoms with Crippen molar-refractivity contribution in [2.75, 3.05) is 4.90 Å². The van der Waals surface area contributed by atoms with Crippen molar-refractivity contribution in [2.45, 2.75) is 0 Å². The summed E-state index contributed by atoms with van der Waals surface area (Å²) < 4.78 is 0. The topological polar surface area (TPSA) is 49.4 Å². The Labute approximate surface area is 188 Å². The van der Waals surface area contributed by atoms with Crippen LogP contribution in [-0.4, -0.2) is 16.9 Å². The van der Waals surface area contributed by atoms with Crippen LogP contribution in [-0.2, 0) is 9.59 Å². The molecular weight excluding hydrogens is 439 g/mol. The predicted octanol–water partition coefficient (Wildman–Crippen LogP) is 5.49. The molecule has 0 aromatic heterocycles. The van der Waals surface area contributed by atoms with Gasteiger partial charge < -0.3 is 0 Å². The lowest BCUT2D eigenvalue weighted by molar-refractivity contribution is -0.122. The maximum absolute atomic E-state index is 13.1. The van der Waals surface area contributed by atoms with Gasteiger partial charge in [0.15, 0.2) is 5.11 Å². The monoisotopic (exact) mass is 452 g/mol. The molecule has 0 atom stereocenters. The van der Waals surface area contributed by atoms with E-state index in [1.165, 1.54) is 4.90 Å². The molecule has 3 aromatic carbocycles. The van der Waals surface area contributed by atoms with Crippen LogP contribution >= 0.6 is 35.4 Å². The fraction of sp³-hybridized carbons (Fsp3) is 0. The minimum atomic E-state index is -0.535. The molecule has 1 N–H and O–H groups in total. The van der Waals surface area contributed by atoms with Gasteiger partial charge in [-0.05, 0) is 77.4 Å². The van der Waals surface area contributed by atoms with Gasteiger partial charge in [-0.25, -0.2) is 0 Å². The molecular formula is C23H14Cl2N2O2S. The quantitative estimate of drug-likeness (QED) is 0.324. The average molecular weight is 453 g/mol. The zero-order valence-electron chi connectivity index (χ0n) is 15.4. The summed E-state index contributed by atoms with van der Waals surface area (Å²) in [6.45, 7) is 0. The molecule has 1 aliphatic heterocycles. The van der Waals surface area contributed by atoms with Crippen molar-refractivity contribution in [1.82, 2.24) is 5.32 Å². The molecule has 3 aromatic rings. The van der Waals surface area contributed by atoms with Gasteiger partial charge in [0.2, 0.25) is 0 Å². The number of nitrogens with one attached hydrogen (secondary N) is 1. The fourth-order valence-corrected chi connectivity index (χ4v) is 3.63. The van der Waals surface area contributed by atoms with Crippen LogP contribution in [0, 0.1) is 0 Å². The summed E-state index contributed by atoms with van der Waals surface area (Å²) in [5.41, 5.74) is 3.14. The van der Waals surface area contributed by atoms with Crippen molar-refractivity contribution in [3.05, 3.63) is 94.0 Å². The summed E-state index contributed by atoms with van der Waals surface area (Å²) in [4.78, 5) is 26.9. The second-order valence-corrected chi connectivity index (χ2v) is 7.83. The van der Waals surface area contributed by atoms with Crippen LogP contribution in [0.4, 0.5) is 5.69 Å². The summed E-state index contributed by atoms with van der Waals surface area (Å²) in [6, 6.07) is 21.6. The number of rotatable bonds is 3. The third kappa shape index (κ3) is 4.14. The summed E-state index contributed by atoms with van der Waals surface area (Å²) in [5.74, 6) is -1.03. The van der Waals surface area contributed by atoms with E-state index in [1.807, 2.05) is 48.5 Å². The number of carbonyl (C=O) groups is 2. The van der Waals surface area contributed by atoms with Gasteiger partial charge in [-0.3, -0.25) is 19.8 Å². The molecule has 1 aliphatic rings. The Hall–Kier alpha value is -2.99. The summed E-state index contributed by atoms with van der Waals surface area (Å²) in [6.07, 6.45) is 1.56. The Bertz CT molecular complexity index is 1190. The van der Waals surface area contributed by atoms with Crippen LogP contribution in [0.5, 0.6) is 0 Å². The maximum Gasteiger partial charge on any atom is 0.270 e. The van der Waals surface area contributed by atoms with E-state index in [4.69, 9.17) is 35.4 Å². The molecule has 148 valence electrons. The van der Waals surface area contributed by atoms with E-state index in [-0.39, 0.29) is 10.7 Å². The van der Waals surface area contributed by atoms with E-state index in [0.717, 1.165) is 11.1 Å². The molecule has 4 nitrogen and oxygen atoms in total. The standard InChI is InChI=1S/C23H14Cl2N2O2S/c24-17-6-4-15(5-7-17)16-3-1-2-14(12-16)13-20-21(28)26-23(30)27(22(20)29)19-10-8-18(25)9-11-19/h1-13H,(H,26,28,30)/b20-13-. The van der Waals surface area contributed by atoms with Crippen LogP contribution in [0.3, 0.4) is 0 Å². The molecule has 0 aliphatic carbocycles. The molecule has 1 saturated heterocycles. The molecule has 7 heteroatoms. The number of hydrogen-bond donors (Lipinski definition) is 1. The van der Waals surface area contributed by atoms with Gasteiger partial charge in [-0.1, -0.05) is 53.5 Å². The molecule has 0 spiro atoms. The number of thiocarbonyl (C=S) groups is 1. The molecule has 4 rings (SSSR count). The van der Waals surface area contributed by atoms with Crippen molar-refractivity contribution in [2.24, 2.45) is 0 Å². The molecule has 0 bridgehead atoms. The Kier molecular flexibility index (Phi) is 5.68. The van der Waals surface area contributed by atoms with E-state index in [2.05, 4.69) is 5.32 Å². The SMILES string of the molecule is O=C1NC(=S)N(c2ccc(Cl)cc2)C(=O)/C1=C\c1cccc(-c2ccc(Cl)cc2)c1. The van der Waals surface area contributed by atoms with E-state index in [0.29, 0.717) is 21.3 Å². The second-order valence-electron chi connectivity index (χ2n) is 6.57. The number of nitrogens with zero attached hydrogens (tertiary/aromatic N) is 1. The molecule has 1 heterocycles. The summed E-state index contributed by atoms with van der Waals surface area (Å²) in [5, 5.41) is 3.79. The number of carbonyl (C=O) groups excluding carboxylic acids is 2. The van der Waals surface area contributed by atoms with Crippen molar-refractivity contribution >= 4 is 64.1 Å². The molecule has 1 fully saturated rings. The minimum Gasteiger partial charge on any atom is -0.298 e. The van der Waals surface area contributed by atoms with E-state index >= 15 is 0 Å². The largest absolute Gasteiger partial charge is 0.298 e. The Morgan fingerprint density at radius 1 is 0.833 bits per heavy atom. The van der Waals surface area contributed by atoms with Crippen LogP contribution in [0.2, 0.25) is 10.0 Å². The van der Waals surface area contributed by atoms with Gasteiger partial charge in [0, 0.05) is 10.0 Å². The van der Waals surface area contributed by atoms with Crippen LogP contribution in [0.1, 0.15) is 5.56 Å². The number of amides is 2. The molecule has 0 saturated carbocycles. The Morgan fingerprint density at radius 2 is 1.47 bits per heavy atom. The predicted molar refractivity (Wildman–Crippen MR) is 125 cm³/mol. The van der Waals surface area contributed by atoms with E-state index < -0.39 is 11.8 Å². The van der Waals surface area contributed by atoms with Crippen molar-refractivity contribution in [3.8, 4) is 11.1 Å². The number of anilines is 1. The lowest BCUT2D eigenvalue weighted by atomic mass is 10.0. The van der Waals surface area contributed by atoms with Gasteiger partial charge in [0.05, 0.1) is 5.69 Å². The lowest BCUT2D eigenvalue weighted by Gasteiger charge is -2.29. The zero-order valence-corrected chi connectivity index (χ0v) is 17.8. The van der Waals surface area contributed by atoms with Crippen molar-refractivity contribution in [3.63, 3.8) is 0 Å².